The van der Waals surface area contributed by atoms with Gasteiger partial charge in [-0.25, -0.2) is 0 Å². The number of rotatable bonds is 3. The summed E-state index contributed by atoms with van der Waals surface area (Å²) in [5, 5.41) is 14.8. The molecule has 1 N–H and O–H groups in total. The van der Waals surface area contributed by atoms with E-state index >= 15 is 0 Å². The number of nitro groups is 1. The first-order chi connectivity index (χ1) is 8.58. The third-order valence-electron chi connectivity index (χ3n) is 3.13. The highest BCUT2D eigenvalue weighted by atomic mass is 35.5. The van der Waals surface area contributed by atoms with Crippen molar-refractivity contribution in [2.24, 2.45) is 0 Å². The van der Waals surface area contributed by atoms with Gasteiger partial charge in [0.05, 0.1) is 15.5 Å². The molecule has 1 unspecified atom stereocenters. The van der Waals surface area contributed by atoms with Crippen molar-refractivity contribution in [2.45, 2.75) is 19.5 Å². The van der Waals surface area contributed by atoms with Crippen molar-refractivity contribution in [3.8, 4) is 0 Å². The second-order valence-corrected chi connectivity index (χ2v) is 4.99. The predicted octanol–water partition coefficient (Wildman–Crippen LogP) is 2.04. The summed E-state index contributed by atoms with van der Waals surface area (Å²) in [4.78, 5) is 12.8. The van der Waals surface area contributed by atoms with Crippen LogP contribution in [0.5, 0.6) is 0 Å². The molecule has 0 spiro atoms. The van der Waals surface area contributed by atoms with Crippen LogP contribution < -0.4 is 5.32 Å². The van der Waals surface area contributed by atoms with Crippen LogP contribution >= 0.6 is 11.6 Å². The van der Waals surface area contributed by atoms with E-state index in [-0.39, 0.29) is 10.6 Å². The SMILES string of the molecule is CC1CN(Cc2c(Cl)cccc2[N+](=O)[O-])CCN1. The fourth-order valence-corrected chi connectivity index (χ4v) is 2.48. The Morgan fingerprint density at radius 1 is 1.61 bits per heavy atom. The maximum atomic E-state index is 11.0. The highest BCUT2D eigenvalue weighted by molar-refractivity contribution is 6.31. The van der Waals surface area contributed by atoms with E-state index in [0.29, 0.717) is 23.2 Å². The maximum Gasteiger partial charge on any atom is 0.275 e. The molecular weight excluding hydrogens is 254 g/mol. The van der Waals surface area contributed by atoms with Crippen LogP contribution in [0.3, 0.4) is 0 Å². The summed E-state index contributed by atoms with van der Waals surface area (Å²) in [5.74, 6) is 0. The van der Waals surface area contributed by atoms with Crippen LogP contribution in [-0.2, 0) is 6.54 Å². The van der Waals surface area contributed by atoms with Crippen molar-refractivity contribution in [3.63, 3.8) is 0 Å². The molecule has 2 rings (SSSR count). The first-order valence-electron chi connectivity index (χ1n) is 5.95. The Morgan fingerprint density at radius 3 is 3.06 bits per heavy atom. The van der Waals surface area contributed by atoms with Crippen LogP contribution in [0.1, 0.15) is 12.5 Å². The molecule has 5 nitrogen and oxygen atoms in total. The van der Waals surface area contributed by atoms with E-state index in [1.807, 2.05) is 0 Å². The first kappa shape index (κ1) is 13.3. The Kier molecular flexibility index (Phi) is 4.16. The summed E-state index contributed by atoms with van der Waals surface area (Å²) in [5.41, 5.74) is 0.715. The van der Waals surface area contributed by atoms with Gasteiger partial charge in [-0.2, -0.15) is 0 Å². The lowest BCUT2D eigenvalue weighted by molar-refractivity contribution is -0.385. The minimum absolute atomic E-state index is 0.105. The van der Waals surface area contributed by atoms with Gasteiger partial charge in [-0.1, -0.05) is 17.7 Å². The van der Waals surface area contributed by atoms with E-state index in [1.54, 1.807) is 12.1 Å². The molecule has 0 radical (unpaired) electrons. The maximum absolute atomic E-state index is 11.0. The fourth-order valence-electron chi connectivity index (χ4n) is 2.25. The van der Waals surface area contributed by atoms with Gasteiger partial charge in [-0.15, -0.1) is 0 Å². The van der Waals surface area contributed by atoms with Crippen LogP contribution in [0.4, 0.5) is 5.69 Å². The number of nitro benzene ring substituents is 1. The van der Waals surface area contributed by atoms with Crippen LogP contribution in [0.15, 0.2) is 18.2 Å². The zero-order valence-corrected chi connectivity index (χ0v) is 11.0. The second kappa shape index (κ2) is 5.65. The van der Waals surface area contributed by atoms with Gasteiger partial charge in [0.2, 0.25) is 0 Å². The van der Waals surface area contributed by atoms with Gasteiger partial charge in [0.25, 0.3) is 5.69 Å². The highest BCUT2D eigenvalue weighted by Crippen LogP contribution is 2.27. The van der Waals surface area contributed by atoms with Crippen LogP contribution in [0.2, 0.25) is 5.02 Å². The first-order valence-corrected chi connectivity index (χ1v) is 6.33. The lowest BCUT2D eigenvalue weighted by Gasteiger charge is -2.31. The van der Waals surface area contributed by atoms with Crippen molar-refractivity contribution < 1.29 is 4.92 Å². The third-order valence-corrected chi connectivity index (χ3v) is 3.48. The molecule has 18 heavy (non-hydrogen) atoms. The number of halogens is 1. The van der Waals surface area contributed by atoms with Crippen LogP contribution in [0, 0.1) is 10.1 Å². The Bertz CT molecular complexity index is 453. The van der Waals surface area contributed by atoms with Crippen LogP contribution in [0.25, 0.3) is 0 Å². The molecule has 1 saturated heterocycles. The Labute approximate surface area is 111 Å². The van der Waals surface area contributed by atoms with Crippen molar-refractivity contribution >= 4 is 17.3 Å². The minimum Gasteiger partial charge on any atom is -0.312 e. The van der Waals surface area contributed by atoms with Gasteiger partial charge >= 0.3 is 0 Å². The van der Waals surface area contributed by atoms with Crippen molar-refractivity contribution in [1.82, 2.24) is 10.2 Å². The van der Waals surface area contributed by atoms with E-state index in [4.69, 9.17) is 11.6 Å². The molecule has 0 amide bonds. The third kappa shape index (κ3) is 2.98. The molecule has 1 fully saturated rings. The number of nitrogens with one attached hydrogen (secondary N) is 1. The summed E-state index contributed by atoms with van der Waals surface area (Å²) in [6.07, 6.45) is 0. The smallest absolute Gasteiger partial charge is 0.275 e. The molecule has 1 heterocycles. The number of nitrogens with zero attached hydrogens (tertiary/aromatic N) is 2. The largest absolute Gasteiger partial charge is 0.312 e. The molecule has 0 aromatic heterocycles. The van der Waals surface area contributed by atoms with Crippen molar-refractivity contribution in [1.29, 1.82) is 0 Å². The summed E-state index contributed by atoms with van der Waals surface area (Å²) in [6, 6.07) is 5.23. The summed E-state index contributed by atoms with van der Waals surface area (Å²) in [7, 11) is 0. The molecule has 1 aromatic rings. The van der Waals surface area contributed by atoms with Gasteiger partial charge in [0.1, 0.15) is 0 Å². The van der Waals surface area contributed by atoms with Gasteiger partial charge in [-0.3, -0.25) is 15.0 Å². The zero-order chi connectivity index (χ0) is 13.1. The molecule has 6 heteroatoms. The Balaban J connectivity index is 2.20. The van der Waals surface area contributed by atoms with Gasteiger partial charge in [0.15, 0.2) is 0 Å². The molecule has 98 valence electrons. The van der Waals surface area contributed by atoms with Crippen LogP contribution in [-0.4, -0.2) is 35.5 Å². The van der Waals surface area contributed by atoms with E-state index in [1.165, 1.54) is 6.07 Å². The lowest BCUT2D eigenvalue weighted by Crippen LogP contribution is -2.48. The summed E-state index contributed by atoms with van der Waals surface area (Å²) < 4.78 is 0. The highest BCUT2D eigenvalue weighted by Gasteiger charge is 2.22. The van der Waals surface area contributed by atoms with E-state index in [2.05, 4.69) is 17.1 Å². The average molecular weight is 270 g/mol. The average Bonchev–Trinajstić information content (AvgIpc) is 2.31. The fraction of sp³-hybridized carbons (Fsp3) is 0.500. The van der Waals surface area contributed by atoms with Crippen molar-refractivity contribution in [2.75, 3.05) is 19.6 Å². The minimum atomic E-state index is -0.368. The van der Waals surface area contributed by atoms with E-state index in [0.717, 1.165) is 19.6 Å². The number of piperazine rings is 1. The molecule has 1 aliphatic heterocycles. The lowest BCUT2D eigenvalue weighted by atomic mass is 10.1. The molecular formula is C12H16ClN3O2. The molecule has 0 saturated carbocycles. The standard InChI is InChI=1S/C12H16ClN3O2/c1-9-7-15(6-5-14-9)8-10-11(13)3-2-4-12(10)16(17)18/h2-4,9,14H,5-8H2,1H3. The summed E-state index contributed by atoms with van der Waals surface area (Å²) >= 11 is 6.08. The van der Waals surface area contributed by atoms with Gasteiger partial charge in [0, 0.05) is 38.3 Å². The van der Waals surface area contributed by atoms with E-state index in [9.17, 15) is 10.1 Å². The van der Waals surface area contributed by atoms with Crippen molar-refractivity contribution in [3.05, 3.63) is 38.9 Å². The molecule has 1 atom stereocenters. The Hall–Kier alpha value is -1.17. The zero-order valence-electron chi connectivity index (χ0n) is 10.2. The molecule has 1 aliphatic rings. The van der Waals surface area contributed by atoms with E-state index < -0.39 is 0 Å². The van der Waals surface area contributed by atoms with Gasteiger partial charge in [-0.05, 0) is 13.0 Å². The van der Waals surface area contributed by atoms with Gasteiger partial charge < -0.3 is 5.32 Å². The summed E-state index contributed by atoms with van der Waals surface area (Å²) in [6.45, 7) is 5.30. The predicted molar refractivity (Wildman–Crippen MR) is 70.8 cm³/mol. The number of hydrogen-bond acceptors (Lipinski definition) is 4. The molecule has 0 bridgehead atoms. The monoisotopic (exact) mass is 269 g/mol. The second-order valence-electron chi connectivity index (χ2n) is 4.58. The quantitative estimate of drug-likeness (QED) is 0.674. The number of benzene rings is 1. The number of hydrogen-bond donors (Lipinski definition) is 1. The molecule has 0 aliphatic carbocycles. The Morgan fingerprint density at radius 2 is 2.39 bits per heavy atom. The normalized spacial score (nSPS) is 20.9. The topological polar surface area (TPSA) is 58.4 Å². The molecule has 1 aromatic carbocycles.